The van der Waals surface area contributed by atoms with Crippen molar-refractivity contribution < 1.29 is 14.6 Å². The molecule has 13 heavy (non-hydrogen) atoms. The first kappa shape index (κ1) is 9.95. The van der Waals surface area contributed by atoms with Crippen LogP contribution in [0.2, 0.25) is 5.15 Å². The fraction of sp³-hybridized carbons (Fsp3) is 0.250. The van der Waals surface area contributed by atoms with Crippen molar-refractivity contribution in [3.63, 3.8) is 0 Å². The fourth-order valence-electron chi connectivity index (χ4n) is 0.918. The van der Waals surface area contributed by atoms with Gasteiger partial charge in [-0.3, -0.25) is 0 Å². The fourth-order valence-corrected chi connectivity index (χ4v) is 1.09. The highest BCUT2D eigenvalue weighted by Crippen LogP contribution is 2.16. The molecule has 0 aliphatic rings. The number of carboxylic acids is 1. The summed E-state index contributed by atoms with van der Waals surface area (Å²) in [6.45, 7) is 0. The number of halogens is 1. The van der Waals surface area contributed by atoms with Crippen LogP contribution >= 0.6 is 11.6 Å². The maximum absolute atomic E-state index is 10.6. The molecule has 0 bridgehead atoms. The third-order valence-electron chi connectivity index (χ3n) is 1.47. The third-order valence-corrected chi connectivity index (χ3v) is 1.68. The molecule has 0 amide bonds. The van der Waals surface area contributed by atoms with Crippen molar-refractivity contribution in [2.75, 3.05) is 7.11 Å². The van der Waals surface area contributed by atoms with Gasteiger partial charge in [-0.1, -0.05) is 17.7 Å². The largest absolute Gasteiger partial charge is 0.479 e. The number of carboxylic acid groups (broad SMARTS) is 1. The molecule has 70 valence electrons. The molecule has 0 spiro atoms. The first-order valence-electron chi connectivity index (χ1n) is 3.53. The van der Waals surface area contributed by atoms with Crippen LogP contribution < -0.4 is 0 Å². The molecule has 0 radical (unpaired) electrons. The number of rotatable bonds is 3. The normalized spacial score (nSPS) is 12.5. The Balaban J connectivity index is 2.98. The first-order valence-corrected chi connectivity index (χ1v) is 3.91. The summed E-state index contributed by atoms with van der Waals surface area (Å²) in [5, 5.41) is 8.96. The van der Waals surface area contributed by atoms with Crippen molar-refractivity contribution in [2.24, 2.45) is 0 Å². The zero-order chi connectivity index (χ0) is 9.84. The van der Waals surface area contributed by atoms with Crippen LogP contribution in [-0.2, 0) is 9.53 Å². The number of methoxy groups -OCH3 is 1. The van der Waals surface area contributed by atoms with Crippen molar-refractivity contribution in [1.29, 1.82) is 0 Å². The highest BCUT2D eigenvalue weighted by atomic mass is 35.5. The minimum atomic E-state index is -1.09. The van der Waals surface area contributed by atoms with Gasteiger partial charge >= 0.3 is 5.97 Å². The van der Waals surface area contributed by atoms with E-state index in [1.54, 1.807) is 18.2 Å². The van der Waals surface area contributed by atoms with Gasteiger partial charge in [0.1, 0.15) is 5.15 Å². The number of ether oxygens (including phenoxy) is 1. The summed E-state index contributed by atoms with van der Waals surface area (Å²) in [6, 6.07) is 4.74. The van der Waals surface area contributed by atoms with Crippen LogP contribution in [-0.4, -0.2) is 23.2 Å². The summed E-state index contributed by atoms with van der Waals surface area (Å²) < 4.78 is 4.73. The predicted molar refractivity (Wildman–Crippen MR) is 46.6 cm³/mol. The monoisotopic (exact) mass is 201 g/mol. The molecule has 0 aromatic carbocycles. The second-order valence-corrected chi connectivity index (χ2v) is 2.73. The molecule has 1 atom stereocenters. The second kappa shape index (κ2) is 4.20. The van der Waals surface area contributed by atoms with E-state index < -0.39 is 12.1 Å². The molecule has 0 saturated heterocycles. The summed E-state index contributed by atoms with van der Waals surface area (Å²) >= 11 is 5.59. The maximum atomic E-state index is 10.6. The minimum Gasteiger partial charge on any atom is -0.479 e. The first-order chi connectivity index (χ1) is 6.15. The van der Waals surface area contributed by atoms with Gasteiger partial charge in [-0.15, -0.1) is 0 Å². The van der Waals surface area contributed by atoms with Gasteiger partial charge in [-0.25, -0.2) is 9.78 Å². The van der Waals surface area contributed by atoms with Gasteiger partial charge in [0.25, 0.3) is 0 Å². The Bertz CT molecular complexity index is 316. The SMILES string of the molecule is COC(C(=O)O)c1cccc(Cl)n1. The number of aliphatic carboxylic acids is 1. The number of carbonyl (C=O) groups is 1. The quantitative estimate of drug-likeness (QED) is 0.753. The lowest BCUT2D eigenvalue weighted by atomic mass is 10.2. The Morgan fingerprint density at radius 3 is 2.85 bits per heavy atom. The van der Waals surface area contributed by atoms with Crippen LogP contribution in [0.5, 0.6) is 0 Å². The molecule has 0 fully saturated rings. The van der Waals surface area contributed by atoms with Crippen LogP contribution in [0.15, 0.2) is 18.2 Å². The zero-order valence-electron chi connectivity index (χ0n) is 6.90. The number of hydrogen-bond donors (Lipinski definition) is 1. The van der Waals surface area contributed by atoms with Crippen molar-refractivity contribution >= 4 is 17.6 Å². The highest BCUT2D eigenvalue weighted by Gasteiger charge is 2.20. The summed E-state index contributed by atoms with van der Waals surface area (Å²) in [5.74, 6) is -1.09. The standard InChI is InChI=1S/C8H8ClNO3/c1-13-7(8(11)12)5-3-2-4-6(9)10-5/h2-4,7H,1H3,(H,11,12). The lowest BCUT2D eigenvalue weighted by molar-refractivity contribution is -0.149. The molecular formula is C8H8ClNO3. The van der Waals surface area contributed by atoms with Crippen molar-refractivity contribution in [2.45, 2.75) is 6.10 Å². The molecule has 0 aliphatic carbocycles. The molecule has 1 N–H and O–H groups in total. The van der Waals surface area contributed by atoms with E-state index in [0.29, 0.717) is 5.69 Å². The topological polar surface area (TPSA) is 59.4 Å². The summed E-state index contributed by atoms with van der Waals surface area (Å²) in [5.41, 5.74) is 0.294. The Morgan fingerprint density at radius 2 is 2.38 bits per heavy atom. The van der Waals surface area contributed by atoms with Crippen LogP contribution in [0.3, 0.4) is 0 Å². The zero-order valence-corrected chi connectivity index (χ0v) is 7.65. The van der Waals surface area contributed by atoms with E-state index in [-0.39, 0.29) is 5.15 Å². The summed E-state index contributed by atoms with van der Waals surface area (Å²) in [4.78, 5) is 14.5. The Morgan fingerprint density at radius 1 is 1.69 bits per heavy atom. The number of nitrogens with zero attached hydrogens (tertiary/aromatic N) is 1. The van der Waals surface area contributed by atoms with Crippen molar-refractivity contribution in [3.05, 3.63) is 29.0 Å². The van der Waals surface area contributed by atoms with Gasteiger partial charge in [-0.05, 0) is 12.1 Å². The highest BCUT2D eigenvalue weighted by molar-refractivity contribution is 6.29. The summed E-state index contributed by atoms with van der Waals surface area (Å²) in [7, 11) is 1.31. The predicted octanol–water partition coefficient (Wildman–Crippen LogP) is 1.51. The van der Waals surface area contributed by atoms with E-state index in [9.17, 15) is 4.79 Å². The van der Waals surface area contributed by atoms with Crippen molar-refractivity contribution in [1.82, 2.24) is 4.98 Å². The van der Waals surface area contributed by atoms with Gasteiger partial charge in [0, 0.05) is 7.11 Å². The second-order valence-electron chi connectivity index (χ2n) is 2.34. The molecule has 0 aliphatic heterocycles. The van der Waals surface area contributed by atoms with Crippen LogP contribution in [0, 0.1) is 0 Å². The molecular weight excluding hydrogens is 194 g/mol. The van der Waals surface area contributed by atoms with Crippen LogP contribution in [0.4, 0.5) is 0 Å². The van der Waals surface area contributed by atoms with E-state index in [1.807, 2.05) is 0 Å². The average molecular weight is 202 g/mol. The smallest absolute Gasteiger partial charge is 0.339 e. The number of pyridine rings is 1. The number of aromatic nitrogens is 1. The van der Waals surface area contributed by atoms with Gasteiger partial charge in [0.15, 0.2) is 6.10 Å². The third kappa shape index (κ3) is 2.40. The van der Waals surface area contributed by atoms with E-state index in [1.165, 1.54) is 7.11 Å². The molecule has 4 nitrogen and oxygen atoms in total. The lowest BCUT2D eigenvalue weighted by Crippen LogP contribution is -2.14. The molecule has 1 unspecified atom stereocenters. The maximum Gasteiger partial charge on any atom is 0.339 e. The Labute approximate surface area is 80.1 Å². The van der Waals surface area contributed by atoms with E-state index in [4.69, 9.17) is 21.4 Å². The molecule has 0 saturated carbocycles. The Kier molecular flexibility index (Phi) is 3.22. The van der Waals surface area contributed by atoms with Gasteiger partial charge < -0.3 is 9.84 Å². The molecule has 1 aromatic heterocycles. The lowest BCUT2D eigenvalue weighted by Gasteiger charge is -2.08. The molecule has 1 rings (SSSR count). The van der Waals surface area contributed by atoms with E-state index >= 15 is 0 Å². The van der Waals surface area contributed by atoms with Gasteiger partial charge in [-0.2, -0.15) is 0 Å². The molecule has 1 heterocycles. The van der Waals surface area contributed by atoms with Crippen LogP contribution in [0.1, 0.15) is 11.8 Å². The minimum absolute atomic E-state index is 0.251. The van der Waals surface area contributed by atoms with Crippen LogP contribution in [0.25, 0.3) is 0 Å². The molecule has 1 aromatic rings. The van der Waals surface area contributed by atoms with E-state index in [2.05, 4.69) is 4.98 Å². The van der Waals surface area contributed by atoms with E-state index in [0.717, 1.165) is 0 Å². The average Bonchev–Trinajstić information content (AvgIpc) is 2.04. The summed E-state index contributed by atoms with van der Waals surface area (Å²) in [6.07, 6.45) is -1.06. The molecule has 5 heteroatoms. The number of hydrogen-bond acceptors (Lipinski definition) is 3. The Hall–Kier alpha value is -1.13. The van der Waals surface area contributed by atoms with Crippen molar-refractivity contribution in [3.8, 4) is 0 Å². The van der Waals surface area contributed by atoms with Gasteiger partial charge in [0.2, 0.25) is 0 Å². The van der Waals surface area contributed by atoms with Gasteiger partial charge in [0.05, 0.1) is 5.69 Å².